The van der Waals surface area contributed by atoms with Crippen LogP contribution in [-0.2, 0) is 25.5 Å². The molecule has 7 nitrogen and oxygen atoms in total. The summed E-state index contributed by atoms with van der Waals surface area (Å²) in [5.74, 6) is -0.882. The van der Waals surface area contributed by atoms with Gasteiger partial charge in [0.05, 0.1) is 12.1 Å². The van der Waals surface area contributed by atoms with Crippen LogP contribution in [0.2, 0.25) is 0 Å². The van der Waals surface area contributed by atoms with Crippen LogP contribution in [0.3, 0.4) is 0 Å². The molecule has 1 saturated heterocycles. The van der Waals surface area contributed by atoms with Gasteiger partial charge in [-0.25, -0.2) is 4.98 Å². The minimum Gasteiger partial charge on any atom is -0.455 e. The van der Waals surface area contributed by atoms with Crippen molar-refractivity contribution in [3.63, 3.8) is 0 Å². The number of nitrogens with one attached hydrogen (secondary N) is 1. The fraction of sp³-hybridized carbons (Fsp3) is 0.217. The number of carbonyl (C=O) groups is 3. The third-order valence-electron chi connectivity index (χ3n) is 4.78. The molecule has 0 radical (unpaired) electrons. The second-order valence-corrected chi connectivity index (χ2v) is 7.95. The average molecular weight is 436 g/mol. The highest BCUT2D eigenvalue weighted by molar-refractivity contribution is 7.13. The lowest BCUT2D eigenvalue weighted by molar-refractivity contribution is -0.146. The summed E-state index contributed by atoms with van der Waals surface area (Å²) in [6, 6.07) is 16.8. The topological polar surface area (TPSA) is 88.6 Å². The van der Waals surface area contributed by atoms with Gasteiger partial charge in [-0.2, -0.15) is 0 Å². The summed E-state index contributed by atoms with van der Waals surface area (Å²) in [5, 5.41) is 5.34. The molecule has 4 rings (SSSR count). The van der Waals surface area contributed by atoms with Crippen molar-refractivity contribution in [2.45, 2.75) is 19.3 Å². The van der Waals surface area contributed by atoms with Crippen molar-refractivity contribution in [1.29, 1.82) is 0 Å². The molecule has 1 aliphatic heterocycles. The number of anilines is 2. The van der Waals surface area contributed by atoms with E-state index in [2.05, 4.69) is 10.3 Å². The molecule has 31 heavy (non-hydrogen) atoms. The lowest BCUT2D eigenvalue weighted by Crippen LogP contribution is -2.24. The summed E-state index contributed by atoms with van der Waals surface area (Å²) in [4.78, 5) is 42.3. The predicted molar refractivity (Wildman–Crippen MR) is 119 cm³/mol. The Morgan fingerprint density at radius 3 is 2.74 bits per heavy atom. The summed E-state index contributed by atoms with van der Waals surface area (Å²) >= 11 is 1.46. The standard InChI is InChI=1S/C23H21N3O4S/c27-20(24-17-8-4-9-19(12-17)26-11-5-10-21(26)28)14-30-22(29)13-18-15-31-23(25-18)16-6-2-1-3-7-16/h1-4,6-9,12,15H,5,10-11,13-14H2,(H,24,27). The second-order valence-electron chi connectivity index (χ2n) is 7.09. The van der Waals surface area contributed by atoms with Gasteiger partial charge in [0.2, 0.25) is 5.91 Å². The van der Waals surface area contributed by atoms with E-state index in [1.54, 1.807) is 23.1 Å². The number of hydrogen-bond acceptors (Lipinski definition) is 6. The van der Waals surface area contributed by atoms with Gasteiger partial charge in [0, 0.05) is 35.3 Å². The first kappa shape index (κ1) is 20.7. The van der Waals surface area contributed by atoms with E-state index in [1.165, 1.54) is 11.3 Å². The minimum absolute atomic E-state index is 0.00315. The Labute approximate surface area is 183 Å². The number of nitrogens with zero attached hydrogens (tertiary/aromatic N) is 2. The molecule has 2 aromatic carbocycles. The van der Waals surface area contributed by atoms with Crippen LogP contribution in [0.25, 0.3) is 10.6 Å². The first-order valence-electron chi connectivity index (χ1n) is 9.94. The molecule has 0 unspecified atom stereocenters. The van der Waals surface area contributed by atoms with Gasteiger partial charge < -0.3 is 15.0 Å². The molecule has 2 heterocycles. The third kappa shape index (κ3) is 5.35. The van der Waals surface area contributed by atoms with Gasteiger partial charge >= 0.3 is 5.97 Å². The number of hydrogen-bond donors (Lipinski definition) is 1. The Morgan fingerprint density at radius 2 is 1.97 bits per heavy atom. The molecule has 0 saturated carbocycles. The zero-order valence-corrected chi connectivity index (χ0v) is 17.6. The normalized spacial score (nSPS) is 13.3. The van der Waals surface area contributed by atoms with Crippen LogP contribution in [0.15, 0.2) is 60.0 Å². The van der Waals surface area contributed by atoms with Crippen molar-refractivity contribution in [2.75, 3.05) is 23.4 Å². The zero-order valence-electron chi connectivity index (χ0n) is 16.7. The summed E-state index contributed by atoms with van der Waals surface area (Å²) in [7, 11) is 0. The molecule has 158 valence electrons. The molecule has 2 amide bonds. The van der Waals surface area contributed by atoms with Crippen molar-refractivity contribution in [3.05, 3.63) is 65.7 Å². The molecule has 3 aromatic rings. The highest BCUT2D eigenvalue weighted by Gasteiger charge is 2.22. The first-order chi connectivity index (χ1) is 15.1. The monoisotopic (exact) mass is 435 g/mol. The van der Waals surface area contributed by atoms with Gasteiger partial charge in [-0.3, -0.25) is 14.4 Å². The van der Waals surface area contributed by atoms with E-state index >= 15 is 0 Å². The van der Waals surface area contributed by atoms with Crippen LogP contribution in [0.1, 0.15) is 18.5 Å². The minimum atomic E-state index is -0.517. The van der Waals surface area contributed by atoms with Crippen LogP contribution < -0.4 is 10.2 Å². The van der Waals surface area contributed by atoms with Gasteiger partial charge in [0.1, 0.15) is 5.01 Å². The SMILES string of the molecule is O=C(COC(=O)Cc1csc(-c2ccccc2)n1)Nc1cccc(N2CCCC2=O)c1. The van der Waals surface area contributed by atoms with E-state index in [0.29, 0.717) is 24.3 Å². The molecular formula is C23H21N3O4S. The quantitative estimate of drug-likeness (QED) is 0.572. The fourth-order valence-electron chi connectivity index (χ4n) is 3.32. The van der Waals surface area contributed by atoms with Crippen LogP contribution in [0.4, 0.5) is 11.4 Å². The predicted octanol–water partition coefficient (Wildman–Crippen LogP) is 3.66. The van der Waals surface area contributed by atoms with Crippen molar-refractivity contribution in [2.24, 2.45) is 0 Å². The van der Waals surface area contributed by atoms with Crippen molar-refractivity contribution in [3.8, 4) is 10.6 Å². The van der Waals surface area contributed by atoms with Crippen molar-refractivity contribution >= 4 is 40.5 Å². The maximum atomic E-state index is 12.2. The van der Waals surface area contributed by atoms with E-state index < -0.39 is 11.9 Å². The number of ether oxygens (including phenoxy) is 1. The number of benzene rings is 2. The van der Waals surface area contributed by atoms with Crippen LogP contribution in [-0.4, -0.2) is 35.9 Å². The van der Waals surface area contributed by atoms with Gasteiger partial charge in [0.15, 0.2) is 6.61 Å². The van der Waals surface area contributed by atoms with Crippen LogP contribution in [0, 0.1) is 0 Å². The van der Waals surface area contributed by atoms with E-state index in [9.17, 15) is 14.4 Å². The van der Waals surface area contributed by atoms with Gasteiger partial charge in [0.25, 0.3) is 5.91 Å². The lowest BCUT2D eigenvalue weighted by atomic mass is 10.2. The Morgan fingerprint density at radius 1 is 1.13 bits per heavy atom. The number of carbonyl (C=O) groups excluding carboxylic acids is 3. The lowest BCUT2D eigenvalue weighted by Gasteiger charge is -2.16. The first-order valence-corrected chi connectivity index (χ1v) is 10.8. The maximum absolute atomic E-state index is 12.2. The summed E-state index contributed by atoms with van der Waals surface area (Å²) in [6.45, 7) is 0.290. The van der Waals surface area contributed by atoms with Crippen LogP contribution in [0.5, 0.6) is 0 Å². The van der Waals surface area contributed by atoms with Crippen molar-refractivity contribution < 1.29 is 19.1 Å². The Kier molecular flexibility index (Phi) is 6.37. The third-order valence-corrected chi connectivity index (χ3v) is 5.72. The van der Waals surface area contributed by atoms with Crippen molar-refractivity contribution in [1.82, 2.24) is 4.98 Å². The smallest absolute Gasteiger partial charge is 0.312 e. The Balaban J connectivity index is 1.27. The molecule has 8 heteroatoms. The van der Waals surface area contributed by atoms with Gasteiger partial charge in [-0.05, 0) is 24.6 Å². The zero-order chi connectivity index (χ0) is 21.6. The maximum Gasteiger partial charge on any atom is 0.312 e. The molecule has 0 spiro atoms. The molecule has 0 bridgehead atoms. The van der Waals surface area contributed by atoms with E-state index in [1.807, 2.05) is 41.8 Å². The number of aromatic nitrogens is 1. The van der Waals surface area contributed by atoms with E-state index in [-0.39, 0.29) is 18.9 Å². The molecule has 1 N–H and O–H groups in total. The summed E-state index contributed by atoms with van der Waals surface area (Å²) in [6.07, 6.45) is 1.37. The van der Waals surface area contributed by atoms with Gasteiger partial charge in [-0.1, -0.05) is 36.4 Å². The largest absolute Gasteiger partial charge is 0.455 e. The molecule has 0 atom stereocenters. The highest BCUT2D eigenvalue weighted by atomic mass is 32.1. The van der Waals surface area contributed by atoms with Gasteiger partial charge in [-0.15, -0.1) is 11.3 Å². The second kappa shape index (κ2) is 9.53. The molecule has 1 aromatic heterocycles. The molecule has 1 fully saturated rings. The highest BCUT2D eigenvalue weighted by Crippen LogP contribution is 2.25. The van der Waals surface area contributed by atoms with Crippen LogP contribution >= 0.6 is 11.3 Å². The molecule has 0 aliphatic carbocycles. The fourth-order valence-corrected chi connectivity index (χ4v) is 4.14. The number of amides is 2. The number of esters is 1. The number of rotatable bonds is 7. The summed E-state index contributed by atoms with van der Waals surface area (Å²) < 4.78 is 5.09. The van der Waals surface area contributed by atoms with E-state index in [4.69, 9.17) is 4.74 Å². The Hall–Kier alpha value is -3.52. The summed E-state index contributed by atoms with van der Waals surface area (Å²) in [5.41, 5.74) is 2.89. The Bertz CT molecular complexity index is 1100. The average Bonchev–Trinajstić information content (AvgIpc) is 3.42. The molecule has 1 aliphatic rings. The number of thiazole rings is 1. The molecular weight excluding hydrogens is 414 g/mol. The van der Waals surface area contributed by atoms with E-state index in [0.717, 1.165) is 22.7 Å².